The maximum atomic E-state index is 9.06. The summed E-state index contributed by atoms with van der Waals surface area (Å²) in [5, 5.41) is 12.3. The average Bonchev–Trinajstić information content (AvgIpc) is 2.35. The maximum Gasteiger partial charge on any atom is 0.148 e. The highest BCUT2D eigenvalue weighted by molar-refractivity contribution is 9.10. The topological polar surface area (TPSA) is 61.3 Å². The van der Waals surface area contributed by atoms with Crippen LogP contribution in [-0.4, -0.2) is 40.8 Å². The van der Waals surface area contributed by atoms with Gasteiger partial charge in [0.15, 0.2) is 0 Å². The number of aliphatic hydroxyl groups excluding tert-OH is 1. The Morgan fingerprint density at radius 2 is 2.26 bits per heavy atom. The molecule has 5 nitrogen and oxygen atoms in total. The molecule has 1 aliphatic carbocycles. The van der Waals surface area contributed by atoms with Crippen LogP contribution in [0.3, 0.4) is 0 Å². The van der Waals surface area contributed by atoms with E-state index in [4.69, 9.17) is 5.11 Å². The number of anilines is 2. The van der Waals surface area contributed by atoms with Gasteiger partial charge in [0.1, 0.15) is 22.4 Å². The first-order valence-electron chi connectivity index (χ1n) is 6.89. The Hall–Kier alpha value is -0.880. The maximum absolute atomic E-state index is 9.06. The minimum absolute atomic E-state index is 0.214. The fraction of sp³-hybridized carbons (Fsp3) is 0.692. The van der Waals surface area contributed by atoms with Crippen molar-refractivity contribution in [3.63, 3.8) is 0 Å². The number of hydrogen-bond donors (Lipinski definition) is 2. The van der Waals surface area contributed by atoms with Gasteiger partial charge in [0.05, 0.1) is 0 Å². The highest BCUT2D eigenvalue weighted by Gasteiger charge is 2.27. The normalized spacial score (nSPS) is 15.1. The zero-order valence-corrected chi connectivity index (χ0v) is 12.9. The molecule has 1 saturated carbocycles. The Kier molecular flexibility index (Phi) is 5.39. The number of aromatic nitrogens is 2. The first kappa shape index (κ1) is 14.5. The van der Waals surface area contributed by atoms with Crippen LogP contribution in [-0.2, 0) is 0 Å². The van der Waals surface area contributed by atoms with Crippen LogP contribution in [0, 0.1) is 0 Å². The Morgan fingerprint density at radius 1 is 1.47 bits per heavy atom. The summed E-state index contributed by atoms with van der Waals surface area (Å²) in [6, 6.07) is 0.548. The number of nitrogens with one attached hydrogen (secondary N) is 1. The van der Waals surface area contributed by atoms with Crippen molar-refractivity contribution in [3.05, 3.63) is 10.8 Å². The van der Waals surface area contributed by atoms with Gasteiger partial charge in [-0.05, 0) is 48.5 Å². The monoisotopic (exact) mass is 328 g/mol. The van der Waals surface area contributed by atoms with E-state index in [-0.39, 0.29) is 6.61 Å². The van der Waals surface area contributed by atoms with E-state index in [1.165, 1.54) is 19.3 Å². The summed E-state index contributed by atoms with van der Waals surface area (Å²) < 4.78 is 0.918. The van der Waals surface area contributed by atoms with Gasteiger partial charge in [-0.2, -0.15) is 0 Å². The van der Waals surface area contributed by atoms with Gasteiger partial charge in [-0.1, -0.05) is 0 Å². The lowest BCUT2D eigenvalue weighted by atomic mass is 9.91. The molecular weight excluding hydrogens is 308 g/mol. The average molecular weight is 329 g/mol. The standard InChI is InChI=1S/C13H21BrN4O/c1-2-15-12-11(14)13(17-9-16-12)18(7-4-8-19)10-5-3-6-10/h9-10,19H,2-8H2,1H3,(H,15,16,17). The predicted molar refractivity (Wildman–Crippen MR) is 80.6 cm³/mol. The molecule has 1 aromatic rings. The van der Waals surface area contributed by atoms with E-state index in [1.807, 2.05) is 6.92 Å². The van der Waals surface area contributed by atoms with Crippen LogP contribution < -0.4 is 10.2 Å². The molecule has 106 valence electrons. The van der Waals surface area contributed by atoms with Gasteiger partial charge >= 0.3 is 0 Å². The van der Waals surface area contributed by atoms with Crippen molar-refractivity contribution < 1.29 is 5.11 Å². The fourth-order valence-corrected chi connectivity index (χ4v) is 2.83. The Balaban J connectivity index is 2.21. The Labute approximate surface area is 122 Å². The van der Waals surface area contributed by atoms with E-state index in [0.717, 1.165) is 35.6 Å². The molecule has 0 amide bonds. The summed E-state index contributed by atoms with van der Waals surface area (Å²) in [4.78, 5) is 11.0. The van der Waals surface area contributed by atoms with Crippen molar-refractivity contribution >= 4 is 27.6 Å². The Bertz CT molecular complexity index is 412. The lowest BCUT2D eigenvalue weighted by molar-refractivity contribution is 0.282. The van der Waals surface area contributed by atoms with Gasteiger partial charge in [0.2, 0.25) is 0 Å². The first-order valence-corrected chi connectivity index (χ1v) is 7.69. The molecule has 1 heterocycles. The van der Waals surface area contributed by atoms with Gasteiger partial charge in [0, 0.05) is 25.7 Å². The highest BCUT2D eigenvalue weighted by atomic mass is 79.9. The second kappa shape index (κ2) is 7.05. The van der Waals surface area contributed by atoms with Crippen molar-refractivity contribution in [1.29, 1.82) is 0 Å². The quantitative estimate of drug-likeness (QED) is 0.804. The second-order valence-corrected chi connectivity index (χ2v) is 5.54. The van der Waals surface area contributed by atoms with Crippen molar-refractivity contribution in [2.45, 2.75) is 38.6 Å². The summed E-state index contributed by atoms with van der Waals surface area (Å²) in [5.74, 6) is 1.77. The number of nitrogens with zero attached hydrogens (tertiary/aromatic N) is 3. The van der Waals surface area contributed by atoms with E-state index >= 15 is 0 Å². The molecule has 1 aromatic heterocycles. The van der Waals surface area contributed by atoms with E-state index in [9.17, 15) is 0 Å². The zero-order chi connectivity index (χ0) is 13.7. The minimum Gasteiger partial charge on any atom is -0.396 e. The van der Waals surface area contributed by atoms with Gasteiger partial charge < -0.3 is 15.3 Å². The summed E-state index contributed by atoms with van der Waals surface area (Å²) in [6.45, 7) is 3.92. The van der Waals surface area contributed by atoms with Gasteiger partial charge in [0.25, 0.3) is 0 Å². The Morgan fingerprint density at radius 3 is 2.84 bits per heavy atom. The lowest BCUT2D eigenvalue weighted by Crippen LogP contribution is -2.42. The third-order valence-corrected chi connectivity index (χ3v) is 4.19. The van der Waals surface area contributed by atoms with Crippen LogP contribution in [0.15, 0.2) is 10.8 Å². The van der Waals surface area contributed by atoms with Crippen LogP contribution in [0.5, 0.6) is 0 Å². The highest BCUT2D eigenvalue weighted by Crippen LogP contribution is 2.35. The molecule has 6 heteroatoms. The number of aliphatic hydroxyl groups is 1. The van der Waals surface area contributed by atoms with Gasteiger partial charge in [-0.25, -0.2) is 9.97 Å². The van der Waals surface area contributed by atoms with Gasteiger partial charge in [-0.3, -0.25) is 0 Å². The molecule has 0 spiro atoms. The van der Waals surface area contributed by atoms with E-state index in [0.29, 0.717) is 6.04 Å². The smallest absolute Gasteiger partial charge is 0.148 e. The molecule has 0 atom stereocenters. The van der Waals surface area contributed by atoms with E-state index in [1.54, 1.807) is 6.33 Å². The van der Waals surface area contributed by atoms with Crippen LogP contribution in [0.4, 0.5) is 11.6 Å². The molecule has 2 rings (SSSR count). The van der Waals surface area contributed by atoms with Crippen molar-refractivity contribution in [2.75, 3.05) is 29.9 Å². The molecule has 0 bridgehead atoms. The lowest BCUT2D eigenvalue weighted by Gasteiger charge is -2.39. The minimum atomic E-state index is 0.214. The summed E-state index contributed by atoms with van der Waals surface area (Å²) in [7, 11) is 0. The van der Waals surface area contributed by atoms with Crippen LogP contribution >= 0.6 is 15.9 Å². The first-order chi connectivity index (χ1) is 9.27. The van der Waals surface area contributed by atoms with Gasteiger partial charge in [-0.15, -0.1) is 0 Å². The summed E-state index contributed by atoms with van der Waals surface area (Å²) in [6.07, 6.45) is 6.06. The van der Waals surface area contributed by atoms with Crippen LogP contribution in [0.1, 0.15) is 32.6 Å². The molecule has 0 unspecified atom stereocenters. The van der Waals surface area contributed by atoms with Crippen molar-refractivity contribution in [2.24, 2.45) is 0 Å². The van der Waals surface area contributed by atoms with Crippen molar-refractivity contribution in [3.8, 4) is 0 Å². The molecule has 0 saturated heterocycles. The third kappa shape index (κ3) is 3.36. The second-order valence-electron chi connectivity index (χ2n) is 4.75. The summed E-state index contributed by atoms with van der Waals surface area (Å²) in [5.41, 5.74) is 0. The molecule has 19 heavy (non-hydrogen) atoms. The van der Waals surface area contributed by atoms with E-state index < -0.39 is 0 Å². The molecular formula is C13H21BrN4O. The molecule has 0 radical (unpaired) electrons. The van der Waals surface area contributed by atoms with E-state index in [2.05, 4.69) is 36.1 Å². The zero-order valence-electron chi connectivity index (χ0n) is 11.3. The third-order valence-electron chi connectivity index (χ3n) is 3.46. The number of hydrogen-bond acceptors (Lipinski definition) is 5. The molecule has 1 aliphatic rings. The predicted octanol–water partition coefficient (Wildman–Crippen LogP) is 2.41. The molecule has 2 N–H and O–H groups in total. The molecule has 1 fully saturated rings. The van der Waals surface area contributed by atoms with Crippen molar-refractivity contribution in [1.82, 2.24) is 9.97 Å². The number of rotatable bonds is 7. The largest absolute Gasteiger partial charge is 0.396 e. The fourth-order valence-electron chi connectivity index (χ4n) is 2.25. The molecule has 0 aliphatic heterocycles. The molecule has 0 aromatic carbocycles. The summed E-state index contributed by atoms with van der Waals surface area (Å²) >= 11 is 3.60. The SMILES string of the molecule is CCNc1ncnc(N(CCCO)C2CCC2)c1Br. The van der Waals surface area contributed by atoms with Crippen LogP contribution in [0.2, 0.25) is 0 Å². The van der Waals surface area contributed by atoms with Crippen LogP contribution in [0.25, 0.3) is 0 Å². The number of halogens is 1.